The average Bonchev–Trinajstić information content (AvgIpc) is 3.41. The third-order valence-electron chi connectivity index (χ3n) is 5.78. The van der Waals surface area contributed by atoms with Gasteiger partial charge in [0.25, 0.3) is 5.78 Å². The predicted molar refractivity (Wildman–Crippen MR) is 138 cm³/mol. The van der Waals surface area contributed by atoms with Crippen LogP contribution in [0.15, 0.2) is 76.8 Å². The number of amides is 1. The molecule has 35 heavy (non-hydrogen) atoms. The van der Waals surface area contributed by atoms with Crippen LogP contribution in [-0.4, -0.2) is 36.0 Å². The molecule has 0 aliphatic carbocycles. The first-order chi connectivity index (χ1) is 16.9. The van der Waals surface area contributed by atoms with Gasteiger partial charge in [-0.25, -0.2) is 4.98 Å². The number of anilines is 1. The first-order valence-electron chi connectivity index (χ1n) is 10.6. The number of hydrogen-bond acceptors (Lipinski definition) is 7. The SMILES string of the molecule is COc1ccc(/C(O)=C2\C(=O)C(=O)N(c3nc4ccc(OC)cc4s3)[C@H]2c2ccc(Br)cc2)cc1. The maximum absolute atomic E-state index is 13.3. The number of ether oxygens (including phenoxy) is 2. The molecule has 1 aliphatic heterocycles. The van der Waals surface area contributed by atoms with Crippen molar-refractivity contribution in [3.8, 4) is 11.5 Å². The van der Waals surface area contributed by atoms with Crippen molar-refractivity contribution in [2.24, 2.45) is 0 Å². The van der Waals surface area contributed by atoms with Crippen molar-refractivity contribution in [3.05, 3.63) is 87.9 Å². The summed E-state index contributed by atoms with van der Waals surface area (Å²) in [5.41, 5.74) is 1.75. The van der Waals surface area contributed by atoms with Crippen LogP contribution in [-0.2, 0) is 9.59 Å². The molecule has 9 heteroatoms. The molecule has 1 N–H and O–H groups in total. The molecule has 0 unspecified atom stereocenters. The van der Waals surface area contributed by atoms with Gasteiger partial charge in [-0.3, -0.25) is 14.5 Å². The van der Waals surface area contributed by atoms with E-state index in [2.05, 4.69) is 20.9 Å². The van der Waals surface area contributed by atoms with Gasteiger partial charge >= 0.3 is 5.91 Å². The molecule has 3 aromatic carbocycles. The molecule has 2 heterocycles. The van der Waals surface area contributed by atoms with Gasteiger partial charge in [-0.2, -0.15) is 0 Å². The Hall–Kier alpha value is -3.69. The molecule has 1 aromatic heterocycles. The van der Waals surface area contributed by atoms with E-state index in [0.717, 1.165) is 9.17 Å². The normalized spacial score (nSPS) is 17.2. The number of Topliss-reactive ketones (excluding diaryl/α,β-unsaturated/α-hetero) is 1. The fourth-order valence-electron chi connectivity index (χ4n) is 4.02. The number of aliphatic hydroxyl groups excluding tert-OH is 1. The zero-order valence-corrected chi connectivity index (χ0v) is 21.1. The second-order valence-electron chi connectivity index (χ2n) is 7.78. The van der Waals surface area contributed by atoms with E-state index in [0.29, 0.717) is 33.3 Å². The Balaban J connectivity index is 1.69. The van der Waals surface area contributed by atoms with Gasteiger partial charge in [-0.1, -0.05) is 39.4 Å². The lowest BCUT2D eigenvalue weighted by Crippen LogP contribution is -2.29. The molecule has 1 atom stereocenters. The van der Waals surface area contributed by atoms with Gasteiger partial charge in [0.2, 0.25) is 0 Å². The number of aliphatic hydroxyl groups is 1. The third kappa shape index (κ3) is 4.06. The van der Waals surface area contributed by atoms with Gasteiger partial charge in [0.05, 0.1) is 36.1 Å². The number of hydrogen-bond donors (Lipinski definition) is 1. The number of thiazole rings is 1. The Morgan fingerprint density at radius 3 is 2.29 bits per heavy atom. The summed E-state index contributed by atoms with van der Waals surface area (Å²) in [6.07, 6.45) is 0. The molecule has 176 valence electrons. The average molecular weight is 551 g/mol. The number of nitrogens with zero attached hydrogens (tertiary/aromatic N) is 2. The number of ketones is 1. The Labute approximate surface area is 213 Å². The van der Waals surface area contributed by atoms with Gasteiger partial charge in [0.15, 0.2) is 5.13 Å². The fraction of sp³-hybridized carbons (Fsp3) is 0.115. The standard InChI is InChI=1S/C26H19BrN2O5S/c1-33-17-9-5-15(6-10-17)23(30)21-22(14-3-7-16(27)8-4-14)29(25(32)24(21)31)26-28-19-12-11-18(34-2)13-20(19)35-26/h3-13,22,30H,1-2H3/b23-21+/t22-/m0/s1. The molecule has 1 aliphatic rings. The van der Waals surface area contributed by atoms with E-state index in [9.17, 15) is 14.7 Å². The van der Waals surface area contributed by atoms with Gasteiger partial charge < -0.3 is 14.6 Å². The van der Waals surface area contributed by atoms with E-state index in [4.69, 9.17) is 9.47 Å². The number of benzene rings is 3. The van der Waals surface area contributed by atoms with E-state index >= 15 is 0 Å². The molecular weight excluding hydrogens is 532 g/mol. The highest BCUT2D eigenvalue weighted by molar-refractivity contribution is 9.10. The first-order valence-corrected chi connectivity index (χ1v) is 12.2. The van der Waals surface area contributed by atoms with Crippen LogP contribution in [0.5, 0.6) is 11.5 Å². The van der Waals surface area contributed by atoms with E-state index in [1.165, 1.54) is 16.2 Å². The highest BCUT2D eigenvalue weighted by Gasteiger charge is 2.48. The van der Waals surface area contributed by atoms with Crippen LogP contribution in [0.2, 0.25) is 0 Å². The Kier molecular flexibility index (Phi) is 6.04. The number of carbonyl (C=O) groups excluding carboxylic acids is 2. The molecule has 5 rings (SSSR count). The quantitative estimate of drug-likeness (QED) is 0.195. The van der Waals surface area contributed by atoms with Crippen molar-refractivity contribution in [2.45, 2.75) is 6.04 Å². The minimum absolute atomic E-state index is 0.000624. The van der Waals surface area contributed by atoms with Gasteiger partial charge in [-0.05, 0) is 60.2 Å². The van der Waals surface area contributed by atoms with Crippen LogP contribution in [0.3, 0.4) is 0 Å². The molecule has 0 saturated carbocycles. The lowest BCUT2D eigenvalue weighted by Gasteiger charge is -2.23. The molecule has 7 nitrogen and oxygen atoms in total. The highest BCUT2D eigenvalue weighted by Crippen LogP contribution is 2.44. The van der Waals surface area contributed by atoms with E-state index in [1.54, 1.807) is 50.6 Å². The maximum Gasteiger partial charge on any atom is 0.301 e. The van der Waals surface area contributed by atoms with Crippen molar-refractivity contribution in [1.82, 2.24) is 4.98 Å². The topological polar surface area (TPSA) is 89.0 Å². The smallest absolute Gasteiger partial charge is 0.301 e. The van der Waals surface area contributed by atoms with Crippen molar-refractivity contribution < 1.29 is 24.2 Å². The van der Waals surface area contributed by atoms with Crippen LogP contribution < -0.4 is 14.4 Å². The second-order valence-corrected chi connectivity index (χ2v) is 9.70. The van der Waals surface area contributed by atoms with Gasteiger partial charge in [0, 0.05) is 10.0 Å². The minimum Gasteiger partial charge on any atom is -0.507 e. The van der Waals surface area contributed by atoms with Crippen molar-refractivity contribution in [2.75, 3.05) is 19.1 Å². The lowest BCUT2D eigenvalue weighted by atomic mass is 9.95. The summed E-state index contributed by atoms with van der Waals surface area (Å²) in [6, 6.07) is 18.5. The summed E-state index contributed by atoms with van der Waals surface area (Å²) in [5.74, 6) is -0.513. The van der Waals surface area contributed by atoms with Gasteiger partial charge in [-0.15, -0.1) is 0 Å². The predicted octanol–water partition coefficient (Wildman–Crippen LogP) is 5.70. The number of aromatic nitrogens is 1. The molecule has 0 spiro atoms. The zero-order valence-electron chi connectivity index (χ0n) is 18.7. The summed E-state index contributed by atoms with van der Waals surface area (Å²) in [7, 11) is 3.12. The highest BCUT2D eigenvalue weighted by atomic mass is 79.9. The van der Waals surface area contributed by atoms with Crippen LogP contribution in [0, 0.1) is 0 Å². The lowest BCUT2D eigenvalue weighted by molar-refractivity contribution is -0.132. The number of halogens is 1. The Bertz CT molecular complexity index is 1480. The van der Waals surface area contributed by atoms with Crippen molar-refractivity contribution >= 4 is 60.1 Å². The van der Waals surface area contributed by atoms with E-state index in [1.807, 2.05) is 30.3 Å². The molecule has 1 fully saturated rings. The van der Waals surface area contributed by atoms with E-state index in [-0.39, 0.29) is 11.3 Å². The van der Waals surface area contributed by atoms with Crippen LogP contribution in [0.1, 0.15) is 17.2 Å². The van der Waals surface area contributed by atoms with Crippen molar-refractivity contribution in [1.29, 1.82) is 0 Å². The maximum atomic E-state index is 13.3. The third-order valence-corrected chi connectivity index (χ3v) is 7.33. The molecule has 1 saturated heterocycles. The van der Waals surface area contributed by atoms with E-state index < -0.39 is 17.7 Å². The first kappa shape index (κ1) is 23.1. The number of rotatable bonds is 5. The summed E-state index contributed by atoms with van der Waals surface area (Å²) >= 11 is 4.70. The molecule has 4 aromatic rings. The van der Waals surface area contributed by atoms with Crippen LogP contribution >= 0.6 is 27.3 Å². The number of fused-ring (bicyclic) bond motifs is 1. The van der Waals surface area contributed by atoms with Crippen LogP contribution in [0.25, 0.3) is 16.0 Å². The number of methoxy groups -OCH3 is 2. The molecular formula is C26H19BrN2O5S. The summed E-state index contributed by atoms with van der Waals surface area (Å²) in [4.78, 5) is 32.6. The summed E-state index contributed by atoms with van der Waals surface area (Å²) in [5, 5.41) is 11.6. The number of carbonyl (C=O) groups is 2. The fourth-order valence-corrected chi connectivity index (χ4v) is 5.30. The second kappa shape index (κ2) is 9.16. The van der Waals surface area contributed by atoms with Gasteiger partial charge in [0.1, 0.15) is 17.3 Å². The monoisotopic (exact) mass is 550 g/mol. The largest absolute Gasteiger partial charge is 0.507 e. The Morgan fingerprint density at radius 1 is 0.971 bits per heavy atom. The molecule has 0 bridgehead atoms. The van der Waals surface area contributed by atoms with Crippen molar-refractivity contribution in [3.63, 3.8) is 0 Å². The Morgan fingerprint density at radius 2 is 1.63 bits per heavy atom. The van der Waals surface area contributed by atoms with Crippen LogP contribution in [0.4, 0.5) is 5.13 Å². The summed E-state index contributed by atoms with van der Waals surface area (Å²) in [6.45, 7) is 0. The molecule has 1 amide bonds. The minimum atomic E-state index is -0.854. The summed E-state index contributed by atoms with van der Waals surface area (Å²) < 4.78 is 12.1. The molecule has 0 radical (unpaired) electrons. The zero-order chi connectivity index (χ0) is 24.7.